The van der Waals surface area contributed by atoms with Gasteiger partial charge in [-0.2, -0.15) is 0 Å². The van der Waals surface area contributed by atoms with Crippen LogP contribution in [0.15, 0.2) is 36.5 Å². The number of hydrogen-bond donors (Lipinski definition) is 1. The lowest BCUT2D eigenvalue weighted by atomic mass is 10.0. The van der Waals surface area contributed by atoms with Crippen LogP contribution in [0.3, 0.4) is 0 Å². The summed E-state index contributed by atoms with van der Waals surface area (Å²) in [7, 11) is 0. The number of benzene rings is 1. The molecule has 0 saturated carbocycles. The SMILES string of the molecule is CC(C)(N)c1cn(CCCc2ccccc2)nn1. The summed E-state index contributed by atoms with van der Waals surface area (Å²) >= 11 is 0. The van der Waals surface area contributed by atoms with Gasteiger partial charge >= 0.3 is 0 Å². The van der Waals surface area contributed by atoms with E-state index in [9.17, 15) is 0 Å². The van der Waals surface area contributed by atoms with Crippen LogP contribution in [-0.2, 0) is 18.5 Å². The average molecular weight is 244 g/mol. The average Bonchev–Trinajstić information content (AvgIpc) is 2.79. The van der Waals surface area contributed by atoms with Crippen molar-refractivity contribution < 1.29 is 0 Å². The van der Waals surface area contributed by atoms with Gasteiger partial charge in [0.05, 0.1) is 11.7 Å². The summed E-state index contributed by atoms with van der Waals surface area (Å²) in [5.74, 6) is 0. The molecule has 1 aromatic carbocycles. The largest absolute Gasteiger partial charge is 0.320 e. The van der Waals surface area contributed by atoms with Crippen molar-refractivity contribution in [2.75, 3.05) is 0 Å². The fraction of sp³-hybridized carbons (Fsp3) is 0.429. The minimum absolute atomic E-state index is 0.419. The first kappa shape index (κ1) is 12.8. The molecule has 4 nitrogen and oxygen atoms in total. The molecule has 0 amide bonds. The van der Waals surface area contributed by atoms with Crippen molar-refractivity contribution in [1.82, 2.24) is 15.0 Å². The van der Waals surface area contributed by atoms with E-state index in [4.69, 9.17) is 5.73 Å². The maximum absolute atomic E-state index is 5.97. The zero-order valence-electron chi connectivity index (χ0n) is 11.0. The molecule has 2 aromatic rings. The van der Waals surface area contributed by atoms with Crippen LogP contribution in [0, 0.1) is 0 Å². The van der Waals surface area contributed by atoms with Crippen LogP contribution >= 0.6 is 0 Å². The normalized spacial score (nSPS) is 11.7. The van der Waals surface area contributed by atoms with Gasteiger partial charge in [0.2, 0.25) is 0 Å². The molecule has 0 unspecified atom stereocenters. The summed E-state index contributed by atoms with van der Waals surface area (Å²) in [6.07, 6.45) is 4.05. The lowest BCUT2D eigenvalue weighted by Crippen LogP contribution is -2.29. The Balaban J connectivity index is 1.86. The van der Waals surface area contributed by atoms with Crippen LogP contribution in [0.25, 0.3) is 0 Å². The third-order valence-electron chi connectivity index (χ3n) is 2.89. The smallest absolute Gasteiger partial charge is 0.102 e. The Bertz CT molecular complexity index is 482. The molecule has 0 aliphatic rings. The zero-order chi connectivity index (χ0) is 13.0. The Hall–Kier alpha value is -1.68. The van der Waals surface area contributed by atoms with E-state index in [1.807, 2.05) is 30.8 Å². The molecule has 0 spiro atoms. The lowest BCUT2D eigenvalue weighted by molar-refractivity contribution is 0.533. The Kier molecular flexibility index (Phi) is 3.77. The van der Waals surface area contributed by atoms with E-state index in [1.54, 1.807) is 0 Å². The van der Waals surface area contributed by atoms with Crippen molar-refractivity contribution in [3.63, 3.8) is 0 Å². The molecule has 18 heavy (non-hydrogen) atoms. The molecule has 1 aromatic heterocycles. The Morgan fingerprint density at radius 1 is 1.22 bits per heavy atom. The third kappa shape index (κ3) is 3.40. The van der Waals surface area contributed by atoms with Crippen LogP contribution in [0.2, 0.25) is 0 Å². The maximum Gasteiger partial charge on any atom is 0.102 e. The van der Waals surface area contributed by atoms with Gasteiger partial charge in [-0.05, 0) is 32.3 Å². The molecule has 96 valence electrons. The number of nitrogens with two attached hydrogens (primary N) is 1. The highest BCUT2D eigenvalue weighted by atomic mass is 15.4. The van der Waals surface area contributed by atoms with E-state index < -0.39 is 5.54 Å². The predicted molar refractivity (Wildman–Crippen MR) is 72.0 cm³/mol. The summed E-state index contributed by atoms with van der Waals surface area (Å²) < 4.78 is 1.87. The topological polar surface area (TPSA) is 56.7 Å². The monoisotopic (exact) mass is 244 g/mol. The summed E-state index contributed by atoms with van der Waals surface area (Å²) in [5, 5.41) is 8.20. The molecule has 0 saturated heterocycles. The Morgan fingerprint density at radius 3 is 2.56 bits per heavy atom. The fourth-order valence-corrected chi connectivity index (χ4v) is 1.79. The van der Waals surface area contributed by atoms with E-state index in [1.165, 1.54) is 5.56 Å². The number of aromatic nitrogens is 3. The predicted octanol–water partition coefficient (Wildman–Crippen LogP) is 2.10. The maximum atomic E-state index is 5.97. The summed E-state index contributed by atoms with van der Waals surface area (Å²) in [6.45, 7) is 4.74. The minimum Gasteiger partial charge on any atom is -0.320 e. The molecular weight excluding hydrogens is 224 g/mol. The number of rotatable bonds is 5. The van der Waals surface area contributed by atoms with Crippen molar-refractivity contribution in [2.24, 2.45) is 5.73 Å². The molecule has 0 bridgehead atoms. The summed E-state index contributed by atoms with van der Waals surface area (Å²) in [6, 6.07) is 10.5. The van der Waals surface area contributed by atoms with Gasteiger partial charge in [-0.3, -0.25) is 4.68 Å². The Morgan fingerprint density at radius 2 is 1.94 bits per heavy atom. The standard InChI is InChI=1S/C14H20N4/c1-14(2,15)13-11-18(17-16-13)10-6-9-12-7-4-3-5-8-12/h3-5,7-8,11H,6,9-10,15H2,1-2H3. The molecule has 0 aliphatic carbocycles. The number of hydrogen-bond acceptors (Lipinski definition) is 3. The molecule has 4 heteroatoms. The number of aryl methyl sites for hydroxylation is 2. The second kappa shape index (κ2) is 5.31. The first-order valence-electron chi connectivity index (χ1n) is 6.29. The van der Waals surface area contributed by atoms with Gasteiger partial charge in [-0.25, -0.2) is 0 Å². The molecule has 0 aliphatic heterocycles. The van der Waals surface area contributed by atoms with Crippen molar-refractivity contribution in [3.05, 3.63) is 47.8 Å². The first-order valence-corrected chi connectivity index (χ1v) is 6.29. The minimum atomic E-state index is -0.419. The fourth-order valence-electron chi connectivity index (χ4n) is 1.79. The van der Waals surface area contributed by atoms with Gasteiger partial charge in [-0.15, -0.1) is 5.10 Å². The quantitative estimate of drug-likeness (QED) is 0.876. The second-order valence-corrected chi connectivity index (χ2v) is 5.18. The lowest BCUT2D eigenvalue weighted by Gasteiger charge is -2.13. The summed E-state index contributed by atoms with van der Waals surface area (Å²) in [4.78, 5) is 0. The molecule has 0 radical (unpaired) electrons. The van der Waals surface area contributed by atoms with Gasteiger partial charge < -0.3 is 5.73 Å². The van der Waals surface area contributed by atoms with Crippen molar-refractivity contribution in [2.45, 2.75) is 38.8 Å². The van der Waals surface area contributed by atoms with E-state index in [2.05, 4.69) is 34.6 Å². The van der Waals surface area contributed by atoms with E-state index in [-0.39, 0.29) is 0 Å². The van der Waals surface area contributed by atoms with E-state index in [0.29, 0.717) is 0 Å². The van der Waals surface area contributed by atoms with Gasteiger partial charge in [0.15, 0.2) is 0 Å². The van der Waals surface area contributed by atoms with Gasteiger partial charge in [0, 0.05) is 6.54 Å². The third-order valence-corrected chi connectivity index (χ3v) is 2.89. The molecule has 2 N–H and O–H groups in total. The van der Waals surface area contributed by atoms with Gasteiger partial charge in [-0.1, -0.05) is 35.5 Å². The molecule has 1 heterocycles. The van der Waals surface area contributed by atoms with Gasteiger partial charge in [0.1, 0.15) is 5.69 Å². The molecular formula is C14H20N4. The van der Waals surface area contributed by atoms with Crippen molar-refractivity contribution >= 4 is 0 Å². The number of nitrogens with zero attached hydrogens (tertiary/aromatic N) is 3. The van der Waals surface area contributed by atoms with Crippen LogP contribution in [0.1, 0.15) is 31.5 Å². The van der Waals surface area contributed by atoms with Gasteiger partial charge in [0.25, 0.3) is 0 Å². The van der Waals surface area contributed by atoms with Crippen LogP contribution in [0.5, 0.6) is 0 Å². The zero-order valence-corrected chi connectivity index (χ0v) is 11.0. The van der Waals surface area contributed by atoms with Crippen molar-refractivity contribution in [1.29, 1.82) is 0 Å². The highest BCUT2D eigenvalue weighted by Gasteiger charge is 2.17. The van der Waals surface area contributed by atoms with E-state index >= 15 is 0 Å². The second-order valence-electron chi connectivity index (χ2n) is 5.18. The molecule has 0 atom stereocenters. The highest BCUT2D eigenvalue weighted by molar-refractivity contribution is 5.14. The highest BCUT2D eigenvalue weighted by Crippen LogP contribution is 2.12. The molecule has 0 fully saturated rings. The van der Waals surface area contributed by atoms with Crippen molar-refractivity contribution in [3.8, 4) is 0 Å². The summed E-state index contributed by atoms with van der Waals surface area (Å²) in [5.41, 5.74) is 7.75. The van der Waals surface area contributed by atoms with Crippen LogP contribution in [0.4, 0.5) is 0 Å². The van der Waals surface area contributed by atoms with Crippen LogP contribution < -0.4 is 5.73 Å². The Labute approximate surface area is 108 Å². The first-order chi connectivity index (χ1) is 8.55. The van der Waals surface area contributed by atoms with Crippen LogP contribution in [-0.4, -0.2) is 15.0 Å². The van der Waals surface area contributed by atoms with E-state index in [0.717, 1.165) is 25.1 Å². The molecule has 2 rings (SSSR count).